The molecule has 0 spiro atoms. The number of ether oxygens (including phenoxy) is 1. The molecule has 0 amide bonds. The smallest absolute Gasteiger partial charge is 0.350 e. The Kier molecular flexibility index (Phi) is 5.18. The first-order valence-electron chi connectivity index (χ1n) is 9.34. The maximum Gasteiger partial charge on any atom is 0.350 e. The van der Waals surface area contributed by atoms with Crippen LogP contribution in [0.25, 0.3) is 15.9 Å². The molecule has 5 nitrogen and oxygen atoms in total. The maximum atomic E-state index is 12.9. The molecule has 0 aliphatic rings. The fourth-order valence-electron chi connectivity index (χ4n) is 3.31. The normalized spacial score (nSPS) is 10.8. The minimum Gasteiger partial charge on any atom is -0.462 e. The first kappa shape index (κ1) is 19.0. The summed E-state index contributed by atoms with van der Waals surface area (Å²) in [5, 5.41) is 4.21. The summed E-state index contributed by atoms with van der Waals surface area (Å²) >= 11 is 1.27. The van der Waals surface area contributed by atoms with Gasteiger partial charge in [0.2, 0.25) is 0 Å². The van der Waals surface area contributed by atoms with Crippen LogP contribution >= 0.6 is 11.3 Å². The molecule has 6 heteroatoms. The number of aryl methyl sites for hydroxylation is 1. The van der Waals surface area contributed by atoms with Gasteiger partial charge in [-0.15, -0.1) is 11.3 Å². The lowest BCUT2D eigenvalue weighted by atomic mass is 10.1. The number of nitrogens with zero attached hydrogens (tertiary/aromatic N) is 1. The molecular weight excluding hydrogens is 384 g/mol. The predicted octanol–water partition coefficient (Wildman–Crippen LogP) is 5.28. The van der Waals surface area contributed by atoms with Gasteiger partial charge in [0.15, 0.2) is 0 Å². The van der Waals surface area contributed by atoms with Crippen LogP contribution in [0.4, 0.5) is 11.4 Å². The zero-order valence-corrected chi connectivity index (χ0v) is 17.0. The van der Waals surface area contributed by atoms with Gasteiger partial charge >= 0.3 is 5.97 Å². The molecule has 0 aliphatic carbocycles. The molecule has 0 unspecified atom stereocenters. The van der Waals surface area contributed by atoms with Gasteiger partial charge in [-0.1, -0.05) is 36.4 Å². The van der Waals surface area contributed by atoms with Crippen LogP contribution in [0.15, 0.2) is 71.5 Å². The van der Waals surface area contributed by atoms with E-state index < -0.39 is 5.97 Å². The number of benzene rings is 2. The average molecular weight is 404 g/mol. The Labute approximate surface area is 172 Å². The van der Waals surface area contributed by atoms with Crippen LogP contribution in [0, 0.1) is 6.92 Å². The summed E-state index contributed by atoms with van der Waals surface area (Å²) in [5.74, 6) is -0.404. The summed E-state index contributed by atoms with van der Waals surface area (Å²) in [6.45, 7) is 3.94. The van der Waals surface area contributed by atoms with Crippen LogP contribution in [-0.2, 0) is 4.74 Å². The highest BCUT2D eigenvalue weighted by Gasteiger charge is 2.24. The number of pyridine rings is 1. The molecule has 2 aromatic heterocycles. The topological polar surface area (TPSA) is 60.3 Å². The van der Waals surface area contributed by atoms with E-state index in [0.717, 1.165) is 22.3 Å². The zero-order chi connectivity index (χ0) is 20.4. The summed E-state index contributed by atoms with van der Waals surface area (Å²) in [7, 11) is 0. The Morgan fingerprint density at radius 1 is 1.07 bits per heavy atom. The molecule has 0 saturated heterocycles. The lowest BCUT2D eigenvalue weighted by Crippen LogP contribution is -2.17. The number of hydrogen-bond donors (Lipinski definition) is 1. The van der Waals surface area contributed by atoms with E-state index in [0.29, 0.717) is 15.4 Å². The van der Waals surface area contributed by atoms with Crippen LogP contribution in [-0.4, -0.2) is 17.1 Å². The molecule has 2 aromatic carbocycles. The Hall–Kier alpha value is -3.38. The molecule has 4 rings (SSSR count). The molecule has 1 N–H and O–H groups in total. The van der Waals surface area contributed by atoms with Gasteiger partial charge < -0.3 is 10.1 Å². The molecule has 0 fully saturated rings. The van der Waals surface area contributed by atoms with Crippen molar-refractivity contribution in [2.45, 2.75) is 13.8 Å². The highest BCUT2D eigenvalue weighted by Crippen LogP contribution is 2.40. The van der Waals surface area contributed by atoms with Gasteiger partial charge in [0.25, 0.3) is 5.56 Å². The Morgan fingerprint density at radius 2 is 1.72 bits per heavy atom. The van der Waals surface area contributed by atoms with E-state index in [4.69, 9.17) is 4.74 Å². The molecule has 0 atom stereocenters. The van der Waals surface area contributed by atoms with Crippen molar-refractivity contribution in [1.82, 2.24) is 4.57 Å². The number of nitrogens with one attached hydrogen (secondary N) is 1. The van der Waals surface area contributed by atoms with Gasteiger partial charge in [-0.05, 0) is 43.7 Å². The number of anilines is 2. The van der Waals surface area contributed by atoms with Gasteiger partial charge in [0.05, 0.1) is 18.0 Å². The van der Waals surface area contributed by atoms with Crippen molar-refractivity contribution in [2.24, 2.45) is 0 Å². The number of para-hydroxylation sites is 2. The average Bonchev–Trinajstić information content (AvgIpc) is 3.09. The van der Waals surface area contributed by atoms with Crippen molar-refractivity contribution in [1.29, 1.82) is 0 Å². The van der Waals surface area contributed by atoms with E-state index in [-0.39, 0.29) is 12.2 Å². The number of aromatic nitrogens is 1. The predicted molar refractivity (Wildman–Crippen MR) is 118 cm³/mol. The summed E-state index contributed by atoms with van der Waals surface area (Å²) in [4.78, 5) is 26.8. The molecule has 0 saturated carbocycles. The third kappa shape index (κ3) is 3.54. The standard InChI is InChI=1S/C23H20N2O3S/c1-3-28-23(27)21-20(24-16-10-6-4-7-11-16)19-15(2)14-18(26)25(22(19)29-21)17-12-8-5-9-13-17/h4-14,24H,3H2,1-2H3. The summed E-state index contributed by atoms with van der Waals surface area (Å²) in [5.41, 5.74) is 2.95. The Bertz CT molecular complexity index is 1230. The SMILES string of the molecule is CCOC(=O)c1sc2c(c(C)cc(=O)n2-c2ccccc2)c1Nc1ccccc1. The van der Waals surface area contributed by atoms with Crippen LogP contribution in [0.5, 0.6) is 0 Å². The summed E-state index contributed by atoms with van der Waals surface area (Å²) < 4.78 is 6.94. The molecule has 4 aromatic rings. The highest BCUT2D eigenvalue weighted by atomic mass is 32.1. The number of carbonyl (C=O) groups excluding carboxylic acids is 1. The van der Waals surface area contributed by atoms with Gasteiger partial charge in [0, 0.05) is 17.1 Å². The molecule has 146 valence electrons. The van der Waals surface area contributed by atoms with Crippen molar-refractivity contribution in [3.8, 4) is 5.69 Å². The lowest BCUT2D eigenvalue weighted by molar-refractivity contribution is 0.0533. The molecule has 0 radical (unpaired) electrons. The first-order valence-corrected chi connectivity index (χ1v) is 10.2. The van der Waals surface area contributed by atoms with E-state index in [1.807, 2.05) is 67.6 Å². The molecule has 0 aliphatic heterocycles. The second-order valence-electron chi connectivity index (χ2n) is 6.53. The van der Waals surface area contributed by atoms with E-state index in [9.17, 15) is 9.59 Å². The minimum absolute atomic E-state index is 0.135. The van der Waals surface area contributed by atoms with Crippen LogP contribution in [0.1, 0.15) is 22.2 Å². The quantitative estimate of drug-likeness (QED) is 0.460. The van der Waals surface area contributed by atoms with Crippen LogP contribution in [0.2, 0.25) is 0 Å². The van der Waals surface area contributed by atoms with Crippen LogP contribution in [0.3, 0.4) is 0 Å². The zero-order valence-electron chi connectivity index (χ0n) is 16.1. The monoisotopic (exact) mass is 404 g/mol. The molecule has 29 heavy (non-hydrogen) atoms. The van der Waals surface area contributed by atoms with E-state index >= 15 is 0 Å². The Morgan fingerprint density at radius 3 is 2.38 bits per heavy atom. The third-order valence-electron chi connectivity index (χ3n) is 4.57. The van der Waals surface area contributed by atoms with Gasteiger partial charge in [-0.2, -0.15) is 0 Å². The minimum atomic E-state index is -0.404. The number of fused-ring (bicyclic) bond motifs is 1. The molecular formula is C23H20N2O3S. The van der Waals surface area contributed by atoms with Crippen molar-refractivity contribution < 1.29 is 9.53 Å². The van der Waals surface area contributed by atoms with E-state index in [1.165, 1.54) is 11.3 Å². The van der Waals surface area contributed by atoms with Crippen molar-refractivity contribution >= 4 is 38.9 Å². The number of hydrogen-bond acceptors (Lipinski definition) is 5. The highest BCUT2D eigenvalue weighted by molar-refractivity contribution is 7.21. The molecule has 2 heterocycles. The first-order chi connectivity index (χ1) is 14.1. The Balaban J connectivity index is 2.02. The fourth-order valence-corrected chi connectivity index (χ4v) is 4.55. The fraction of sp³-hybridized carbons (Fsp3) is 0.130. The second-order valence-corrected chi connectivity index (χ2v) is 7.53. The van der Waals surface area contributed by atoms with E-state index in [2.05, 4.69) is 5.32 Å². The van der Waals surface area contributed by atoms with Crippen LogP contribution < -0.4 is 10.9 Å². The van der Waals surface area contributed by atoms with Gasteiger partial charge in [-0.3, -0.25) is 9.36 Å². The summed E-state index contributed by atoms with van der Waals surface area (Å²) in [6, 6.07) is 20.7. The van der Waals surface area contributed by atoms with Crippen molar-refractivity contribution in [3.05, 3.63) is 87.5 Å². The largest absolute Gasteiger partial charge is 0.462 e. The molecule has 0 bridgehead atoms. The number of thiophene rings is 1. The van der Waals surface area contributed by atoms with E-state index in [1.54, 1.807) is 17.6 Å². The third-order valence-corrected chi connectivity index (χ3v) is 5.72. The van der Waals surface area contributed by atoms with Crippen molar-refractivity contribution in [3.63, 3.8) is 0 Å². The van der Waals surface area contributed by atoms with Gasteiger partial charge in [-0.25, -0.2) is 4.79 Å². The maximum absolute atomic E-state index is 12.9. The number of esters is 1. The summed E-state index contributed by atoms with van der Waals surface area (Å²) in [6.07, 6.45) is 0. The van der Waals surface area contributed by atoms with Gasteiger partial charge in [0.1, 0.15) is 9.71 Å². The second kappa shape index (κ2) is 7.93. The number of rotatable bonds is 5. The number of carbonyl (C=O) groups is 1. The lowest BCUT2D eigenvalue weighted by Gasteiger charge is -2.11. The van der Waals surface area contributed by atoms with Crippen molar-refractivity contribution in [2.75, 3.05) is 11.9 Å².